The van der Waals surface area contributed by atoms with E-state index >= 15 is 0 Å². The summed E-state index contributed by atoms with van der Waals surface area (Å²) in [4.78, 5) is 0. The second kappa shape index (κ2) is 720. The lowest BCUT2D eigenvalue weighted by atomic mass is 16.0. The summed E-state index contributed by atoms with van der Waals surface area (Å²) in [6.07, 6.45) is 0. The van der Waals surface area contributed by atoms with Gasteiger partial charge >= 0.3 is 0 Å². The molecule has 0 unspecified atom stereocenters. The van der Waals surface area contributed by atoms with Crippen LogP contribution in [-0.4, -0.2) is 55.9 Å². The largest absolute Gasteiger partial charge is 0.412 e. The molecule has 0 atom stereocenters. The van der Waals surface area contributed by atoms with Crippen LogP contribution in [0, 0.1) is 0 Å². The van der Waals surface area contributed by atoms with Crippen molar-refractivity contribution < 1.29 is 32.9 Å². The summed E-state index contributed by atoms with van der Waals surface area (Å²) in [5, 5.41) is 0. The minimum Gasteiger partial charge on any atom is -0.412 e. The zero-order valence-electron chi connectivity index (χ0n) is 3.71. The quantitative estimate of drug-likeness (QED) is 0.285. The van der Waals surface area contributed by atoms with Crippen molar-refractivity contribution >= 4 is 23.1 Å². The molecule has 0 aliphatic carbocycles. The highest BCUT2D eigenvalue weighted by molar-refractivity contribution is 5.75. The smallest absolute Gasteiger partial charge is 0 e. The van der Waals surface area contributed by atoms with Gasteiger partial charge in [-0.1, -0.05) is 0 Å². The molecule has 0 heterocycles. The van der Waals surface area contributed by atoms with Crippen molar-refractivity contribution in [1.29, 1.82) is 0 Å². The molecular formula is H12MgO6. The van der Waals surface area contributed by atoms with E-state index in [0.29, 0.717) is 0 Å². The third-order valence-corrected chi connectivity index (χ3v) is 0. The van der Waals surface area contributed by atoms with Gasteiger partial charge in [0.15, 0.2) is 0 Å². The van der Waals surface area contributed by atoms with E-state index in [1.54, 1.807) is 0 Å². The summed E-state index contributed by atoms with van der Waals surface area (Å²) in [7, 11) is 0. The Balaban J connectivity index is 0. The average Bonchev–Trinajstić information content (AvgIpc) is 0. The Morgan fingerprint density at radius 3 is 0.286 bits per heavy atom. The van der Waals surface area contributed by atoms with Gasteiger partial charge in [-0.2, -0.15) is 0 Å². The maximum absolute atomic E-state index is 0. The second-order valence-electron chi connectivity index (χ2n) is 0. The molecule has 7 heteroatoms. The Kier molecular flexibility index (Phi) is 119000. The molecular weight excluding hydrogens is 120 g/mol. The molecule has 12 N–H and O–H groups in total. The molecule has 2 radical (unpaired) electrons. The Morgan fingerprint density at radius 1 is 0.286 bits per heavy atom. The van der Waals surface area contributed by atoms with Crippen LogP contribution in [0.5, 0.6) is 0 Å². The summed E-state index contributed by atoms with van der Waals surface area (Å²) in [6.45, 7) is 0. The van der Waals surface area contributed by atoms with Gasteiger partial charge in [-0.15, -0.1) is 0 Å². The minimum absolute atomic E-state index is 0. The molecule has 50 valence electrons. The molecule has 0 saturated heterocycles. The lowest BCUT2D eigenvalue weighted by Crippen LogP contribution is -0.381. The fourth-order valence-electron chi connectivity index (χ4n) is 0. The van der Waals surface area contributed by atoms with E-state index in [1.165, 1.54) is 0 Å². The molecule has 0 aromatic carbocycles. The second-order valence-corrected chi connectivity index (χ2v) is 0. The van der Waals surface area contributed by atoms with Crippen molar-refractivity contribution in [1.82, 2.24) is 0 Å². The normalized spacial score (nSPS) is 0. The van der Waals surface area contributed by atoms with Gasteiger partial charge in [0, 0.05) is 23.1 Å². The third-order valence-electron chi connectivity index (χ3n) is 0. The van der Waals surface area contributed by atoms with E-state index in [4.69, 9.17) is 0 Å². The van der Waals surface area contributed by atoms with E-state index in [9.17, 15) is 0 Å². The summed E-state index contributed by atoms with van der Waals surface area (Å²) < 4.78 is 0. The molecule has 0 saturated carbocycles. The molecule has 6 nitrogen and oxygen atoms in total. The predicted molar refractivity (Wildman–Crippen MR) is 27.4 cm³/mol. The first kappa shape index (κ1) is 1160. The van der Waals surface area contributed by atoms with Crippen LogP contribution in [0.2, 0.25) is 0 Å². The van der Waals surface area contributed by atoms with Gasteiger partial charge in [-0.3, -0.25) is 0 Å². The average molecular weight is 132 g/mol. The van der Waals surface area contributed by atoms with Crippen molar-refractivity contribution in [3.05, 3.63) is 0 Å². The summed E-state index contributed by atoms with van der Waals surface area (Å²) in [5.41, 5.74) is 0. The molecule has 0 aromatic rings. The van der Waals surface area contributed by atoms with E-state index in [0.717, 1.165) is 0 Å². The number of hydrogen-bond donors (Lipinski definition) is 0. The van der Waals surface area contributed by atoms with Crippen molar-refractivity contribution in [2.24, 2.45) is 0 Å². The van der Waals surface area contributed by atoms with Crippen LogP contribution in [-0.2, 0) is 0 Å². The maximum atomic E-state index is 0. The van der Waals surface area contributed by atoms with Crippen LogP contribution in [0.15, 0.2) is 0 Å². The number of hydrogen-bond acceptors (Lipinski definition) is 0. The number of rotatable bonds is 0. The minimum atomic E-state index is 0. The van der Waals surface area contributed by atoms with Crippen LogP contribution in [0.1, 0.15) is 0 Å². The Morgan fingerprint density at radius 2 is 0.286 bits per heavy atom. The first-order valence-corrected chi connectivity index (χ1v) is 0. The van der Waals surface area contributed by atoms with Gasteiger partial charge in [-0.25, -0.2) is 0 Å². The summed E-state index contributed by atoms with van der Waals surface area (Å²) in [5.74, 6) is 0. The lowest BCUT2D eigenvalue weighted by molar-refractivity contribution is 0.823. The zero-order valence-corrected chi connectivity index (χ0v) is 5.12. The van der Waals surface area contributed by atoms with E-state index in [2.05, 4.69) is 0 Å². The highest BCUT2D eigenvalue weighted by atomic mass is 24.3. The van der Waals surface area contributed by atoms with Crippen molar-refractivity contribution in [3.8, 4) is 0 Å². The molecule has 0 fully saturated rings. The van der Waals surface area contributed by atoms with Gasteiger partial charge in [0.25, 0.3) is 0 Å². The first-order chi connectivity index (χ1) is 0. The maximum Gasteiger partial charge on any atom is 0 e. The predicted octanol–water partition coefficient (Wildman–Crippen LogP) is -5.33. The molecule has 0 aromatic heterocycles. The molecule has 0 rings (SSSR count). The SMILES string of the molecule is O.O.O.O.O.O.[Mg]. The van der Waals surface area contributed by atoms with E-state index in [-0.39, 0.29) is 55.9 Å². The van der Waals surface area contributed by atoms with Crippen LogP contribution in [0.4, 0.5) is 0 Å². The van der Waals surface area contributed by atoms with Gasteiger partial charge in [0.2, 0.25) is 0 Å². The fourth-order valence-corrected chi connectivity index (χ4v) is 0. The molecule has 0 aliphatic heterocycles. The fraction of sp³-hybridized carbons (Fsp3) is 0. The van der Waals surface area contributed by atoms with Gasteiger partial charge in [-0.05, 0) is 0 Å². The van der Waals surface area contributed by atoms with Crippen molar-refractivity contribution in [2.45, 2.75) is 0 Å². The van der Waals surface area contributed by atoms with Crippen LogP contribution < -0.4 is 0 Å². The van der Waals surface area contributed by atoms with Gasteiger partial charge < -0.3 is 32.9 Å². The topological polar surface area (TPSA) is 189 Å². The highest BCUT2D eigenvalue weighted by Gasteiger charge is 0.0000148. The molecule has 0 bridgehead atoms. The lowest BCUT2D eigenvalue weighted by Gasteiger charge is -0.413. The van der Waals surface area contributed by atoms with E-state index < -0.39 is 0 Å². The Hall–Kier alpha value is 0.526. The van der Waals surface area contributed by atoms with Crippen molar-refractivity contribution in [3.63, 3.8) is 0 Å². The van der Waals surface area contributed by atoms with Gasteiger partial charge in [0.1, 0.15) is 0 Å². The monoisotopic (exact) mass is 132 g/mol. The molecule has 0 spiro atoms. The molecule has 0 aliphatic rings. The molecule has 7 heavy (non-hydrogen) atoms. The van der Waals surface area contributed by atoms with E-state index in [1.807, 2.05) is 0 Å². The summed E-state index contributed by atoms with van der Waals surface area (Å²) in [6, 6.07) is 0. The highest BCUT2D eigenvalue weighted by Crippen LogP contribution is -0.284. The van der Waals surface area contributed by atoms with Crippen molar-refractivity contribution in [2.75, 3.05) is 0 Å². The first-order valence-electron chi connectivity index (χ1n) is 0. The van der Waals surface area contributed by atoms with Crippen LogP contribution in [0.25, 0.3) is 0 Å². The zero-order chi connectivity index (χ0) is 0. The van der Waals surface area contributed by atoms with Crippen LogP contribution >= 0.6 is 0 Å². The third kappa shape index (κ3) is 483. The van der Waals surface area contributed by atoms with Crippen LogP contribution in [0.3, 0.4) is 0 Å². The Bertz CT molecular complexity index is 4.14. The standard InChI is InChI=1S/Mg.6H2O/h;6*1H2. The molecule has 0 amide bonds. The summed E-state index contributed by atoms with van der Waals surface area (Å²) >= 11 is 0. The van der Waals surface area contributed by atoms with Gasteiger partial charge in [0.05, 0.1) is 0 Å². The Labute approximate surface area is 56.5 Å².